The monoisotopic (exact) mass is 286 g/mol. The highest BCUT2D eigenvalue weighted by atomic mass is 32.1. The van der Waals surface area contributed by atoms with Crippen molar-refractivity contribution in [2.75, 3.05) is 5.32 Å². The molecule has 0 bridgehead atoms. The molecule has 0 aliphatic heterocycles. The van der Waals surface area contributed by atoms with Crippen LogP contribution in [-0.2, 0) is 0 Å². The van der Waals surface area contributed by atoms with Gasteiger partial charge in [0.2, 0.25) is 0 Å². The maximum absolute atomic E-state index is 13.5. The predicted molar refractivity (Wildman–Crippen MR) is 78.9 cm³/mol. The number of phenolic OH excluding ortho intramolecular Hbond substituents is 1. The third-order valence-electron chi connectivity index (χ3n) is 2.78. The second-order valence-corrected chi connectivity index (χ2v) is 5.05. The molecule has 0 saturated heterocycles. The number of para-hydroxylation sites is 1. The minimum absolute atomic E-state index is 0.216. The molecule has 3 aromatic rings. The highest BCUT2D eigenvalue weighted by Gasteiger charge is 2.07. The van der Waals surface area contributed by atoms with Crippen LogP contribution in [0.3, 0.4) is 0 Å². The molecular formula is C15H11FN2OS. The number of aromatic hydroxyl groups is 1. The van der Waals surface area contributed by atoms with E-state index >= 15 is 0 Å². The lowest BCUT2D eigenvalue weighted by Gasteiger charge is -2.03. The van der Waals surface area contributed by atoms with Crippen LogP contribution < -0.4 is 5.32 Å². The van der Waals surface area contributed by atoms with Gasteiger partial charge in [0.15, 0.2) is 5.13 Å². The van der Waals surface area contributed by atoms with Gasteiger partial charge < -0.3 is 10.4 Å². The van der Waals surface area contributed by atoms with Crippen molar-refractivity contribution < 1.29 is 9.50 Å². The van der Waals surface area contributed by atoms with Crippen molar-refractivity contribution in [1.82, 2.24) is 4.98 Å². The molecule has 1 heterocycles. The molecule has 0 radical (unpaired) electrons. The van der Waals surface area contributed by atoms with E-state index in [1.54, 1.807) is 42.5 Å². The number of aromatic nitrogens is 1. The number of nitrogens with one attached hydrogen (secondary N) is 1. The standard InChI is InChI=1S/C15H11FN2OS/c16-12-3-1-2-4-13(12)17-15-18-14(9-20-15)10-5-7-11(19)8-6-10/h1-9,19H,(H,17,18). The highest BCUT2D eigenvalue weighted by Crippen LogP contribution is 2.28. The fourth-order valence-electron chi connectivity index (χ4n) is 1.77. The maximum atomic E-state index is 13.5. The molecule has 0 aliphatic carbocycles. The van der Waals surface area contributed by atoms with Gasteiger partial charge in [-0.2, -0.15) is 0 Å². The summed E-state index contributed by atoms with van der Waals surface area (Å²) in [5.41, 5.74) is 2.09. The number of hydrogen-bond acceptors (Lipinski definition) is 4. The zero-order valence-electron chi connectivity index (χ0n) is 10.4. The summed E-state index contributed by atoms with van der Waals surface area (Å²) < 4.78 is 13.5. The van der Waals surface area contributed by atoms with E-state index in [-0.39, 0.29) is 11.6 Å². The van der Waals surface area contributed by atoms with E-state index in [2.05, 4.69) is 10.3 Å². The molecule has 100 valence electrons. The normalized spacial score (nSPS) is 10.4. The number of benzene rings is 2. The highest BCUT2D eigenvalue weighted by molar-refractivity contribution is 7.14. The molecule has 0 atom stereocenters. The van der Waals surface area contributed by atoms with Crippen molar-refractivity contribution in [1.29, 1.82) is 0 Å². The first-order valence-electron chi connectivity index (χ1n) is 5.99. The fraction of sp³-hybridized carbons (Fsp3) is 0. The minimum Gasteiger partial charge on any atom is -0.508 e. The van der Waals surface area contributed by atoms with E-state index in [1.165, 1.54) is 17.4 Å². The van der Waals surface area contributed by atoms with E-state index in [4.69, 9.17) is 0 Å². The smallest absolute Gasteiger partial charge is 0.187 e. The predicted octanol–water partition coefficient (Wildman–Crippen LogP) is 4.40. The minimum atomic E-state index is -0.311. The van der Waals surface area contributed by atoms with Crippen LogP contribution in [0.25, 0.3) is 11.3 Å². The van der Waals surface area contributed by atoms with Crippen LogP contribution in [-0.4, -0.2) is 10.1 Å². The van der Waals surface area contributed by atoms with Gasteiger partial charge in [0.25, 0.3) is 0 Å². The first kappa shape index (κ1) is 12.6. The summed E-state index contributed by atoms with van der Waals surface area (Å²) in [6, 6.07) is 13.3. The quantitative estimate of drug-likeness (QED) is 0.750. The number of hydrogen-bond donors (Lipinski definition) is 2. The summed E-state index contributed by atoms with van der Waals surface area (Å²) in [7, 11) is 0. The van der Waals surface area contributed by atoms with E-state index < -0.39 is 0 Å². The number of anilines is 2. The van der Waals surface area contributed by atoms with Gasteiger partial charge in [-0.25, -0.2) is 9.37 Å². The Morgan fingerprint density at radius 3 is 2.55 bits per heavy atom. The lowest BCUT2D eigenvalue weighted by atomic mass is 10.2. The van der Waals surface area contributed by atoms with Gasteiger partial charge in [0.1, 0.15) is 11.6 Å². The van der Waals surface area contributed by atoms with Crippen molar-refractivity contribution in [2.24, 2.45) is 0 Å². The summed E-state index contributed by atoms with van der Waals surface area (Å²) in [4.78, 5) is 4.41. The van der Waals surface area contributed by atoms with Crippen molar-refractivity contribution in [3.63, 3.8) is 0 Å². The summed E-state index contributed by atoms with van der Waals surface area (Å²) in [6.07, 6.45) is 0. The number of rotatable bonds is 3. The molecule has 1 aromatic heterocycles. The number of nitrogens with zero attached hydrogens (tertiary/aromatic N) is 1. The van der Waals surface area contributed by atoms with E-state index in [9.17, 15) is 9.50 Å². The van der Waals surface area contributed by atoms with Crippen molar-refractivity contribution in [3.8, 4) is 17.0 Å². The van der Waals surface area contributed by atoms with Gasteiger partial charge in [0.05, 0.1) is 11.4 Å². The Bertz CT molecular complexity index is 725. The molecule has 0 saturated carbocycles. The lowest BCUT2D eigenvalue weighted by molar-refractivity contribution is 0.475. The summed E-state index contributed by atoms with van der Waals surface area (Å²) in [5.74, 6) is -0.0948. The third kappa shape index (κ3) is 2.62. The summed E-state index contributed by atoms with van der Waals surface area (Å²) in [5, 5.41) is 14.7. The van der Waals surface area contributed by atoms with Crippen LogP contribution >= 0.6 is 11.3 Å². The number of phenols is 1. The molecule has 0 fully saturated rings. The zero-order valence-corrected chi connectivity index (χ0v) is 11.2. The molecule has 0 aliphatic rings. The molecule has 5 heteroatoms. The molecule has 0 amide bonds. The van der Waals surface area contributed by atoms with Crippen LogP contribution in [0.5, 0.6) is 5.75 Å². The van der Waals surface area contributed by atoms with Gasteiger partial charge in [-0.1, -0.05) is 12.1 Å². The van der Waals surface area contributed by atoms with Gasteiger partial charge in [-0.3, -0.25) is 0 Å². The Morgan fingerprint density at radius 2 is 1.80 bits per heavy atom. The molecule has 3 nitrogen and oxygen atoms in total. The Kier molecular flexibility index (Phi) is 3.35. The van der Waals surface area contributed by atoms with Crippen LogP contribution in [0.4, 0.5) is 15.2 Å². The first-order valence-corrected chi connectivity index (χ1v) is 6.87. The molecule has 20 heavy (non-hydrogen) atoms. The molecule has 2 aromatic carbocycles. The van der Waals surface area contributed by atoms with Crippen LogP contribution in [0.2, 0.25) is 0 Å². The number of thiazole rings is 1. The lowest BCUT2D eigenvalue weighted by Crippen LogP contribution is -1.92. The summed E-state index contributed by atoms with van der Waals surface area (Å²) >= 11 is 1.40. The largest absolute Gasteiger partial charge is 0.508 e. The average Bonchev–Trinajstić information content (AvgIpc) is 2.91. The first-order chi connectivity index (χ1) is 9.72. The third-order valence-corrected chi connectivity index (χ3v) is 3.54. The Labute approximate surface area is 119 Å². The van der Waals surface area contributed by atoms with Gasteiger partial charge in [-0.15, -0.1) is 11.3 Å². The molecule has 0 unspecified atom stereocenters. The Balaban J connectivity index is 1.84. The van der Waals surface area contributed by atoms with E-state index in [0.29, 0.717) is 10.8 Å². The Morgan fingerprint density at radius 1 is 1.05 bits per heavy atom. The van der Waals surface area contributed by atoms with Crippen LogP contribution in [0.1, 0.15) is 0 Å². The SMILES string of the molecule is Oc1ccc(-c2csc(Nc3ccccc3F)n2)cc1. The van der Waals surface area contributed by atoms with Crippen LogP contribution in [0.15, 0.2) is 53.9 Å². The van der Waals surface area contributed by atoms with Crippen molar-refractivity contribution >= 4 is 22.2 Å². The maximum Gasteiger partial charge on any atom is 0.187 e. The van der Waals surface area contributed by atoms with Crippen molar-refractivity contribution in [3.05, 3.63) is 59.7 Å². The fourth-order valence-corrected chi connectivity index (χ4v) is 2.51. The second kappa shape index (κ2) is 5.30. The van der Waals surface area contributed by atoms with Gasteiger partial charge in [0, 0.05) is 10.9 Å². The Hall–Kier alpha value is -2.40. The summed E-state index contributed by atoms with van der Waals surface area (Å²) in [6.45, 7) is 0. The number of halogens is 1. The van der Waals surface area contributed by atoms with Crippen LogP contribution in [0, 0.1) is 5.82 Å². The topological polar surface area (TPSA) is 45.1 Å². The van der Waals surface area contributed by atoms with E-state index in [1.807, 2.05) is 5.38 Å². The van der Waals surface area contributed by atoms with Gasteiger partial charge >= 0.3 is 0 Å². The van der Waals surface area contributed by atoms with Gasteiger partial charge in [-0.05, 0) is 36.4 Å². The zero-order chi connectivity index (χ0) is 13.9. The molecule has 3 rings (SSSR count). The molecule has 2 N–H and O–H groups in total. The second-order valence-electron chi connectivity index (χ2n) is 4.19. The average molecular weight is 286 g/mol. The molecule has 0 spiro atoms. The van der Waals surface area contributed by atoms with E-state index in [0.717, 1.165) is 11.3 Å². The molecular weight excluding hydrogens is 275 g/mol. The van der Waals surface area contributed by atoms with Crippen molar-refractivity contribution in [2.45, 2.75) is 0 Å².